The van der Waals surface area contributed by atoms with Crippen molar-refractivity contribution in [2.24, 2.45) is 0 Å². The Balaban J connectivity index is 1.99. The summed E-state index contributed by atoms with van der Waals surface area (Å²) in [6.07, 6.45) is 3.53. The highest BCUT2D eigenvalue weighted by Gasteiger charge is 2.13. The van der Waals surface area contributed by atoms with Gasteiger partial charge in [0.1, 0.15) is 0 Å². The number of carboxylic acid groups (broad SMARTS) is 1. The van der Waals surface area contributed by atoms with Crippen molar-refractivity contribution in [1.29, 1.82) is 0 Å². The summed E-state index contributed by atoms with van der Waals surface area (Å²) in [6, 6.07) is 16.1. The molecule has 0 bridgehead atoms. The van der Waals surface area contributed by atoms with Crippen LogP contribution in [0.1, 0.15) is 36.6 Å². The third-order valence-electron chi connectivity index (χ3n) is 3.28. The number of aromatic nitrogens is 1. The van der Waals surface area contributed by atoms with Gasteiger partial charge < -0.3 is 10.4 Å². The largest absolute Gasteiger partial charge is 0.481 e. The third-order valence-corrected chi connectivity index (χ3v) is 3.28. The van der Waals surface area contributed by atoms with Gasteiger partial charge in [-0.3, -0.25) is 9.78 Å². The lowest BCUT2D eigenvalue weighted by Crippen LogP contribution is -2.24. The van der Waals surface area contributed by atoms with Gasteiger partial charge in [0.05, 0.1) is 11.7 Å². The van der Waals surface area contributed by atoms with Gasteiger partial charge in [-0.2, -0.15) is 0 Å². The number of carbonyl (C=O) groups is 1. The summed E-state index contributed by atoms with van der Waals surface area (Å²) in [6.45, 7) is 0.767. The quantitative estimate of drug-likeness (QED) is 0.731. The van der Waals surface area contributed by atoms with Crippen LogP contribution in [0, 0.1) is 0 Å². The van der Waals surface area contributed by atoms with E-state index in [1.807, 2.05) is 36.4 Å². The SMILES string of the molecule is O=C(O)CCCCNC(c1ccccc1)c1ccccn1. The number of aliphatic carboxylic acids is 1. The van der Waals surface area contributed by atoms with Crippen molar-refractivity contribution in [3.05, 3.63) is 66.0 Å². The lowest BCUT2D eigenvalue weighted by molar-refractivity contribution is -0.137. The van der Waals surface area contributed by atoms with Crippen LogP contribution in [0.4, 0.5) is 0 Å². The smallest absolute Gasteiger partial charge is 0.303 e. The van der Waals surface area contributed by atoms with Crippen molar-refractivity contribution in [1.82, 2.24) is 10.3 Å². The molecular formula is C17H20N2O2. The van der Waals surface area contributed by atoms with Crippen LogP contribution in [-0.4, -0.2) is 22.6 Å². The number of unbranched alkanes of at least 4 members (excludes halogenated alkanes) is 1. The van der Waals surface area contributed by atoms with Crippen LogP contribution < -0.4 is 5.32 Å². The minimum Gasteiger partial charge on any atom is -0.481 e. The first-order chi connectivity index (χ1) is 10.3. The molecule has 0 fully saturated rings. The number of hydrogen-bond donors (Lipinski definition) is 2. The monoisotopic (exact) mass is 284 g/mol. The summed E-state index contributed by atoms with van der Waals surface area (Å²) in [5.41, 5.74) is 2.14. The Bertz CT molecular complexity index is 504. The maximum absolute atomic E-state index is 10.5. The van der Waals surface area contributed by atoms with Gasteiger partial charge >= 0.3 is 5.97 Å². The molecule has 1 heterocycles. The zero-order valence-electron chi connectivity index (χ0n) is 11.9. The summed E-state index contributed by atoms with van der Waals surface area (Å²) < 4.78 is 0. The molecule has 2 rings (SSSR count). The molecular weight excluding hydrogens is 264 g/mol. The molecule has 1 unspecified atom stereocenters. The maximum Gasteiger partial charge on any atom is 0.303 e. The number of benzene rings is 1. The molecule has 0 aliphatic carbocycles. The molecule has 0 aliphatic heterocycles. The molecule has 4 nitrogen and oxygen atoms in total. The summed E-state index contributed by atoms with van der Waals surface area (Å²) >= 11 is 0. The molecule has 2 aromatic rings. The average molecular weight is 284 g/mol. The second-order valence-corrected chi connectivity index (χ2v) is 4.90. The fourth-order valence-electron chi connectivity index (χ4n) is 2.23. The van der Waals surface area contributed by atoms with E-state index in [-0.39, 0.29) is 12.5 Å². The molecule has 0 saturated carbocycles. The number of rotatable bonds is 8. The molecule has 0 spiro atoms. The lowest BCUT2D eigenvalue weighted by atomic mass is 10.0. The topological polar surface area (TPSA) is 62.2 Å². The van der Waals surface area contributed by atoms with Crippen LogP contribution in [0.15, 0.2) is 54.7 Å². The van der Waals surface area contributed by atoms with Crippen LogP contribution in [-0.2, 0) is 4.79 Å². The van der Waals surface area contributed by atoms with Crippen molar-refractivity contribution in [2.75, 3.05) is 6.54 Å². The van der Waals surface area contributed by atoms with Crippen molar-refractivity contribution in [2.45, 2.75) is 25.3 Å². The Hall–Kier alpha value is -2.20. The van der Waals surface area contributed by atoms with E-state index >= 15 is 0 Å². The molecule has 1 atom stereocenters. The van der Waals surface area contributed by atoms with Gasteiger partial charge in [0, 0.05) is 12.6 Å². The molecule has 110 valence electrons. The van der Waals surface area contributed by atoms with Gasteiger partial charge in [0.2, 0.25) is 0 Å². The standard InChI is InChI=1S/C17H20N2O2/c20-16(21)11-5-7-13-19-17(14-8-2-1-3-9-14)15-10-4-6-12-18-15/h1-4,6,8-10,12,17,19H,5,7,11,13H2,(H,20,21). The fourth-order valence-corrected chi connectivity index (χ4v) is 2.23. The maximum atomic E-state index is 10.5. The van der Waals surface area contributed by atoms with Gasteiger partial charge in [0.25, 0.3) is 0 Å². The van der Waals surface area contributed by atoms with Crippen LogP contribution in [0.5, 0.6) is 0 Å². The van der Waals surface area contributed by atoms with Crippen LogP contribution in [0.2, 0.25) is 0 Å². The molecule has 4 heteroatoms. The Morgan fingerprint density at radius 1 is 1.10 bits per heavy atom. The predicted molar refractivity (Wildman–Crippen MR) is 82.0 cm³/mol. The van der Waals surface area contributed by atoms with E-state index in [9.17, 15) is 4.79 Å². The van der Waals surface area contributed by atoms with E-state index in [2.05, 4.69) is 22.4 Å². The van der Waals surface area contributed by atoms with Gasteiger partial charge in [-0.05, 0) is 37.1 Å². The zero-order valence-corrected chi connectivity index (χ0v) is 11.9. The molecule has 0 radical (unpaired) electrons. The molecule has 0 saturated heterocycles. The van der Waals surface area contributed by atoms with E-state index in [0.717, 1.165) is 24.2 Å². The van der Waals surface area contributed by atoms with Gasteiger partial charge in [0.15, 0.2) is 0 Å². The highest BCUT2D eigenvalue weighted by atomic mass is 16.4. The van der Waals surface area contributed by atoms with Gasteiger partial charge in [-0.25, -0.2) is 0 Å². The van der Waals surface area contributed by atoms with E-state index < -0.39 is 5.97 Å². The first-order valence-corrected chi connectivity index (χ1v) is 7.18. The molecule has 2 N–H and O–H groups in total. The minimum absolute atomic E-state index is 0.0391. The predicted octanol–water partition coefficient (Wildman–Crippen LogP) is 3.02. The van der Waals surface area contributed by atoms with Crippen molar-refractivity contribution in [3.63, 3.8) is 0 Å². The van der Waals surface area contributed by atoms with Crippen LogP contribution in [0.25, 0.3) is 0 Å². The highest BCUT2D eigenvalue weighted by molar-refractivity contribution is 5.66. The molecule has 0 aliphatic rings. The number of hydrogen-bond acceptors (Lipinski definition) is 3. The molecule has 1 aromatic heterocycles. The second-order valence-electron chi connectivity index (χ2n) is 4.90. The Morgan fingerprint density at radius 2 is 1.86 bits per heavy atom. The summed E-state index contributed by atoms with van der Waals surface area (Å²) in [7, 11) is 0. The van der Waals surface area contributed by atoms with Gasteiger partial charge in [-0.15, -0.1) is 0 Å². The number of carboxylic acids is 1. The molecule has 0 amide bonds. The Morgan fingerprint density at radius 3 is 2.52 bits per heavy atom. The van der Waals surface area contributed by atoms with Gasteiger partial charge in [-0.1, -0.05) is 36.4 Å². The average Bonchev–Trinajstić information content (AvgIpc) is 2.52. The highest BCUT2D eigenvalue weighted by Crippen LogP contribution is 2.19. The Kier molecular flexibility index (Phi) is 5.91. The van der Waals surface area contributed by atoms with E-state index in [0.29, 0.717) is 6.42 Å². The number of nitrogens with one attached hydrogen (secondary N) is 1. The summed E-state index contributed by atoms with van der Waals surface area (Å²) in [5, 5.41) is 12.1. The van der Waals surface area contributed by atoms with E-state index in [1.54, 1.807) is 6.20 Å². The molecule has 21 heavy (non-hydrogen) atoms. The second kappa shape index (κ2) is 8.17. The van der Waals surface area contributed by atoms with E-state index in [4.69, 9.17) is 5.11 Å². The third kappa shape index (κ3) is 5.00. The summed E-state index contributed by atoms with van der Waals surface area (Å²) in [4.78, 5) is 14.9. The van der Waals surface area contributed by atoms with Crippen molar-refractivity contribution < 1.29 is 9.90 Å². The van der Waals surface area contributed by atoms with Crippen LogP contribution in [0.3, 0.4) is 0 Å². The fraction of sp³-hybridized carbons (Fsp3) is 0.294. The zero-order chi connectivity index (χ0) is 14.9. The minimum atomic E-state index is -0.737. The lowest BCUT2D eigenvalue weighted by Gasteiger charge is -2.18. The summed E-state index contributed by atoms with van der Waals surface area (Å²) in [5.74, 6) is -0.737. The van der Waals surface area contributed by atoms with Crippen molar-refractivity contribution >= 4 is 5.97 Å². The van der Waals surface area contributed by atoms with Crippen LogP contribution >= 0.6 is 0 Å². The molecule has 1 aromatic carbocycles. The Labute approximate surface area is 124 Å². The van der Waals surface area contributed by atoms with E-state index in [1.165, 1.54) is 0 Å². The number of nitrogens with zero attached hydrogens (tertiary/aromatic N) is 1. The van der Waals surface area contributed by atoms with Crippen molar-refractivity contribution in [3.8, 4) is 0 Å². The normalized spacial score (nSPS) is 12.0. The first kappa shape index (κ1) is 15.2. The number of pyridine rings is 1. The first-order valence-electron chi connectivity index (χ1n) is 7.18.